The number of aromatic nitrogens is 4. The summed E-state index contributed by atoms with van der Waals surface area (Å²) in [6, 6.07) is 0. The van der Waals surface area contributed by atoms with E-state index in [1.165, 1.54) is 12.7 Å². The van der Waals surface area contributed by atoms with Gasteiger partial charge < -0.3 is 24.8 Å². The molecular weight excluding hydrogens is 412 g/mol. The van der Waals surface area contributed by atoms with Gasteiger partial charge in [-0.1, -0.05) is 0 Å². The SMILES string of the molecule is Nc1ncnc2c1ncn2[C@H]1C[C@@H](O[P+](=O)S)[C@@H](COP(O)(O)=S)O1. The molecule has 3 rings (SSSR count). The van der Waals surface area contributed by atoms with Gasteiger partial charge in [0.05, 0.1) is 12.9 Å². The summed E-state index contributed by atoms with van der Waals surface area (Å²) in [5.74, 6) is 0.231. The van der Waals surface area contributed by atoms with Crippen molar-refractivity contribution < 1.29 is 28.1 Å². The summed E-state index contributed by atoms with van der Waals surface area (Å²) in [5, 5.41) is 0. The summed E-state index contributed by atoms with van der Waals surface area (Å²) in [5.41, 5.74) is 6.64. The van der Waals surface area contributed by atoms with Crippen molar-refractivity contribution in [1.29, 1.82) is 0 Å². The van der Waals surface area contributed by atoms with Gasteiger partial charge in [0.2, 0.25) is 0 Å². The number of nitrogens with two attached hydrogens (primary N) is 1. The lowest BCUT2D eigenvalue weighted by Gasteiger charge is -2.17. The number of ether oxygens (including phenoxy) is 1. The smallest absolute Gasteiger partial charge is 0.382 e. The molecule has 0 aromatic carbocycles. The lowest BCUT2D eigenvalue weighted by atomic mass is 10.2. The van der Waals surface area contributed by atoms with Crippen LogP contribution in [0.15, 0.2) is 12.7 Å². The summed E-state index contributed by atoms with van der Waals surface area (Å²) < 4.78 is 28.9. The van der Waals surface area contributed by atoms with Crippen LogP contribution in [0.2, 0.25) is 0 Å². The van der Waals surface area contributed by atoms with Gasteiger partial charge in [0.25, 0.3) is 0 Å². The van der Waals surface area contributed by atoms with Crippen LogP contribution < -0.4 is 5.73 Å². The predicted molar refractivity (Wildman–Crippen MR) is 94.4 cm³/mol. The van der Waals surface area contributed by atoms with Gasteiger partial charge in [0.1, 0.15) is 42.5 Å². The Bertz CT molecular complexity index is 846. The van der Waals surface area contributed by atoms with Crippen molar-refractivity contribution in [2.24, 2.45) is 0 Å². The van der Waals surface area contributed by atoms with Gasteiger partial charge in [-0.05, 0) is 16.4 Å². The van der Waals surface area contributed by atoms with Gasteiger partial charge in [-0.15, -0.1) is 4.52 Å². The van der Waals surface area contributed by atoms with Crippen LogP contribution in [0.1, 0.15) is 12.6 Å². The molecule has 0 aliphatic carbocycles. The van der Waals surface area contributed by atoms with Gasteiger partial charge >= 0.3 is 13.9 Å². The minimum Gasteiger partial charge on any atom is -0.382 e. The molecule has 15 heteroatoms. The van der Waals surface area contributed by atoms with E-state index in [9.17, 15) is 14.4 Å². The lowest BCUT2D eigenvalue weighted by Crippen LogP contribution is -2.27. The summed E-state index contributed by atoms with van der Waals surface area (Å²) in [4.78, 5) is 30.6. The highest BCUT2D eigenvalue weighted by Crippen LogP contribution is 2.42. The largest absolute Gasteiger partial charge is 0.582 e. The topological polar surface area (TPSA) is 155 Å². The molecule has 1 aliphatic rings. The van der Waals surface area contributed by atoms with Crippen molar-refractivity contribution in [3.63, 3.8) is 0 Å². The summed E-state index contributed by atoms with van der Waals surface area (Å²) >= 11 is 8.16. The molecule has 3 heterocycles. The monoisotopic (exact) mass is 426 g/mol. The van der Waals surface area contributed by atoms with E-state index >= 15 is 0 Å². The lowest BCUT2D eigenvalue weighted by molar-refractivity contribution is -0.0347. The van der Waals surface area contributed by atoms with Crippen LogP contribution in [0.25, 0.3) is 11.2 Å². The Hall–Kier alpha value is -0.750. The molecule has 4 atom stereocenters. The number of rotatable bonds is 6. The molecule has 1 saturated heterocycles. The van der Waals surface area contributed by atoms with Crippen molar-refractivity contribution in [3.8, 4) is 0 Å². The maximum atomic E-state index is 11.3. The highest BCUT2D eigenvalue weighted by Gasteiger charge is 2.43. The van der Waals surface area contributed by atoms with Gasteiger partial charge in [-0.25, -0.2) is 15.0 Å². The van der Waals surface area contributed by atoms with Crippen molar-refractivity contribution in [2.75, 3.05) is 12.3 Å². The van der Waals surface area contributed by atoms with Crippen LogP contribution in [-0.4, -0.2) is 48.1 Å². The van der Waals surface area contributed by atoms with Gasteiger partial charge in [-0.3, -0.25) is 4.57 Å². The minimum atomic E-state index is -3.85. The molecule has 4 N–H and O–H groups in total. The molecule has 11 nitrogen and oxygen atoms in total. The maximum Gasteiger partial charge on any atom is 0.582 e. The van der Waals surface area contributed by atoms with Crippen LogP contribution in [-0.2, 0) is 30.2 Å². The summed E-state index contributed by atoms with van der Waals surface area (Å²) in [6.07, 6.45) is 1.10. The standard InChI is InChI=1S/C10H13N5O6P2S2/c11-9-8-10(13-3-12-9)15(4-14-8)7-1-5(21-22(16)24)6(20-7)2-19-23(17,18)25/h3-7H,1-2H2,(H4-,11,12,13,16,17,18,24,25)/p+1/t5-,6-,7-/m1/s1. The fourth-order valence-corrected chi connectivity index (χ4v) is 3.84. The Labute approximate surface area is 152 Å². The van der Waals surface area contributed by atoms with E-state index < -0.39 is 32.4 Å². The first kappa shape index (κ1) is 19.0. The third-order valence-electron chi connectivity index (χ3n) is 3.51. The molecule has 1 fully saturated rings. The second-order valence-corrected chi connectivity index (χ2v) is 9.45. The molecular formula is C10H14N5O6P2S2+. The van der Waals surface area contributed by atoms with E-state index in [0.717, 1.165) is 0 Å². The molecule has 2 aromatic rings. The van der Waals surface area contributed by atoms with Crippen LogP contribution in [0.4, 0.5) is 5.82 Å². The predicted octanol–water partition coefficient (Wildman–Crippen LogP) is 0.894. The molecule has 1 unspecified atom stereocenters. The third kappa shape index (κ3) is 4.51. The van der Waals surface area contributed by atoms with Crippen molar-refractivity contribution >= 4 is 55.0 Å². The molecule has 25 heavy (non-hydrogen) atoms. The van der Waals surface area contributed by atoms with Crippen molar-refractivity contribution in [2.45, 2.75) is 24.9 Å². The quantitative estimate of drug-likeness (QED) is 0.384. The Morgan fingerprint density at radius 2 is 2.28 bits per heavy atom. The Kier molecular flexibility index (Phi) is 5.69. The first-order chi connectivity index (χ1) is 11.7. The maximum absolute atomic E-state index is 11.3. The van der Waals surface area contributed by atoms with E-state index in [2.05, 4.69) is 39.0 Å². The molecule has 2 aromatic heterocycles. The van der Waals surface area contributed by atoms with Crippen LogP contribution >= 0.6 is 26.2 Å². The van der Waals surface area contributed by atoms with Crippen molar-refractivity contribution in [1.82, 2.24) is 19.5 Å². The average molecular weight is 426 g/mol. The first-order valence-corrected chi connectivity index (χ1v) is 11.8. The molecule has 136 valence electrons. The molecule has 0 radical (unpaired) electrons. The summed E-state index contributed by atoms with van der Waals surface area (Å²) in [6.45, 7) is -4.10. The Morgan fingerprint density at radius 1 is 1.52 bits per heavy atom. The average Bonchev–Trinajstić information content (AvgIpc) is 3.08. The normalized spacial score (nSPS) is 24.8. The van der Waals surface area contributed by atoms with Gasteiger partial charge in [0.15, 0.2) is 11.5 Å². The number of hydrogen-bond acceptors (Lipinski definition) is 9. The third-order valence-corrected chi connectivity index (χ3v) is 5.05. The number of fused-ring (bicyclic) bond motifs is 1. The number of imidazole rings is 1. The number of hydrogen-bond donors (Lipinski definition) is 4. The highest BCUT2D eigenvalue weighted by molar-refractivity contribution is 8.39. The Morgan fingerprint density at radius 3 is 2.96 bits per heavy atom. The molecule has 0 saturated carbocycles. The zero-order chi connectivity index (χ0) is 18.2. The van der Waals surface area contributed by atoms with Crippen LogP contribution in [0.3, 0.4) is 0 Å². The fourth-order valence-electron chi connectivity index (χ4n) is 2.50. The molecule has 0 bridgehead atoms. The minimum absolute atomic E-state index is 0.231. The molecule has 0 amide bonds. The van der Waals surface area contributed by atoms with E-state index in [1.54, 1.807) is 4.57 Å². The zero-order valence-electron chi connectivity index (χ0n) is 12.4. The number of thiol groups is 1. The fraction of sp³-hybridized carbons (Fsp3) is 0.500. The van der Waals surface area contributed by atoms with Gasteiger partial charge in [-0.2, -0.15) is 0 Å². The first-order valence-electron chi connectivity index (χ1n) is 6.86. The second-order valence-electron chi connectivity index (χ2n) is 5.12. The van der Waals surface area contributed by atoms with E-state index in [0.29, 0.717) is 11.2 Å². The second kappa shape index (κ2) is 7.47. The zero-order valence-corrected chi connectivity index (χ0v) is 15.9. The number of nitrogens with zero attached hydrogens (tertiary/aromatic N) is 4. The summed E-state index contributed by atoms with van der Waals surface area (Å²) in [7, 11) is -2.20. The van der Waals surface area contributed by atoms with Crippen molar-refractivity contribution in [3.05, 3.63) is 12.7 Å². The van der Waals surface area contributed by atoms with E-state index in [1.807, 2.05) is 0 Å². The van der Waals surface area contributed by atoms with Gasteiger partial charge in [0, 0.05) is 6.42 Å². The molecule has 1 aliphatic heterocycles. The molecule has 0 spiro atoms. The Balaban J connectivity index is 1.83. The van der Waals surface area contributed by atoms with E-state index in [-0.39, 0.29) is 18.8 Å². The van der Waals surface area contributed by atoms with E-state index in [4.69, 9.17) is 19.5 Å². The highest BCUT2D eigenvalue weighted by atomic mass is 32.7. The van der Waals surface area contributed by atoms with Crippen LogP contribution in [0.5, 0.6) is 0 Å². The number of nitrogen functional groups attached to an aromatic ring is 1. The van der Waals surface area contributed by atoms with Crippen LogP contribution in [0, 0.1) is 0 Å². The number of anilines is 1.